The van der Waals surface area contributed by atoms with Crippen molar-refractivity contribution in [2.45, 2.75) is 11.7 Å². The molecule has 0 bridgehead atoms. The summed E-state index contributed by atoms with van der Waals surface area (Å²) in [5.41, 5.74) is 1.31. The molecule has 0 saturated carbocycles. The van der Waals surface area contributed by atoms with Crippen molar-refractivity contribution in [3.63, 3.8) is 0 Å². The third kappa shape index (κ3) is 4.90. The number of nitrogens with zero attached hydrogens (tertiary/aromatic N) is 2. The van der Waals surface area contributed by atoms with E-state index in [-0.39, 0.29) is 23.8 Å². The average Bonchev–Trinajstić information content (AvgIpc) is 2.67. The van der Waals surface area contributed by atoms with Crippen LogP contribution in [0.1, 0.15) is 16.8 Å². The maximum atomic E-state index is 12.6. The number of benzene rings is 2. The van der Waals surface area contributed by atoms with E-state index in [2.05, 4.69) is 32.9 Å². The molecule has 0 unspecified atom stereocenters. The Hall–Kier alpha value is -2.40. The molecule has 1 fully saturated rings. The summed E-state index contributed by atoms with van der Waals surface area (Å²) in [4.78, 5) is 41.8. The van der Waals surface area contributed by atoms with Crippen LogP contribution in [0.25, 0.3) is 0 Å². The number of amides is 2. The zero-order valence-electron chi connectivity index (χ0n) is 14.8. The number of nitrogens with one attached hydrogen (secondary N) is 1. The Morgan fingerprint density at radius 1 is 1.18 bits per heavy atom. The highest BCUT2D eigenvalue weighted by Gasteiger charge is 2.34. The summed E-state index contributed by atoms with van der Waals surface area (Å²) in [5.74, 6) is -1.56. The van der Waals surface area contributed by atoms with Crippen LogP contribution in [0.15, 0.2) is 53.5 Å². The molecule has 1 aliphatic heterocycles. The first-order valence-electron chi connectivity index (χ1n) is 8.25. The van der Waals surface area contributed by atoms with Crippen LogP contribution in [0.5, 0.6) is 0 Å². The van der Waals surface area contributed by atoms with Gasteiger partial charge in [-0.3, -0.25) is 14.5 Å². The lowest BCUT2D eigenvalue weighted by molar-refractivity contribution is -0.128. The Morgan fingerprint density at radius 2 is 1.82 bits per heavy atom. The van der Waals surface area contributed by atoms with E-state index in [4.69, 9.17) is 5.11 Å². The number of anilines is 1. The average molecular weight is 509 g/mol. The van der Waals surface area contributed by atoms with Crippen LogP contribution in [0.2, 0.25) is 0 Å². The van der Waals surface area contributed by atoms with Crippen molar-refractivity contribution in [3.05, 3.63) is 57.7 Å². The van der Waals surface area contributed by atoms with E-state index in [1.807, 2.05) is 24.3 Å². The highest BCUT2D eigenvalue weighted by atomic mass is 127. The van der Waals surface area contributed by atoms with Crippen molar-refractivity contribution in [1.29, 1.82) is 0 Å². The van der Waals surface area contributed by atoms with Gasteiger partial charge in [0.05, 0.1) is 11.3 Å². The SMILES string of the molecule is CN1C(=O)C[C@@H](C(=O)Nc2ccc(C(=O)O)cc2)SC1=Nc1ccc(I)cc1. The Labute approximate surface area is 179 Å². The first kappa shape index (κ1) is 20.3. The number of aliphatic imine (C=N–C) groups is 1. The van der Waals surface area contributed by atoms with Gasteiger partial charge in [0, 0.05) is 22.7 Å². The van der Waals surface area contributed by atoms with Crippen molar-refractivity contribution in [1.82, 2.24) is 4.90 Å². The van der Waals surface area contributed by atoms with Gasteiger partial charge in [0.1, 0.15) is 5.25 Å². The second-order valence-corrected chi connectivity index (χ2v) is 8.42. The number of carboxylic acids is 1. The van der Waals surface area contributed by atoms with Crippen molar-refractivity contribution >= 4 is 68.7 Å². The molecule has 144 valence electrons. The molecule has 2 aromatic carbocycles. The van der Waals surface area contributed by atoms with Crippen LogP contribution < -0.4 is 5.32 Å². The Bertz CT molecular complexity index is 945. The molecule has 28 heavy (non-hydrogen) atoms. The molecule has 9 heteroatoms. The smallest absolute Gasteiger partial charge is 0.335 e. The summed E-state index contributed by atoms with van der Waals surface area (Å²) in [6.07, 6.45) is 0.0614. The summed E-state index contributed by atoms with van der Waals surface area (Å²) in [6, 6.07) is 13.4. The molecular weight excluding hydrogens is 493 g/mol. The Kier molecular flexibility index (Phi) is 6.35. The van der Waals surface area contributed by atoms with E-state index in [0.717, 1.165) is 3.57 Å². The van der Waals surface area contributed by atoms with Gasteiger partial charge in [0.15, 0.2) is 5.17 Å². The molecule has 0 radical (unpaired) electrons. The fourth-order valence-corrected chi connectivity index (χ4v) is 3.87. The number of halogens is 1. The van der Waals surface area contributed by atoms with E-state index in [0.29, 0.717) is 16.5 Å². The number of carbonyl (C=O) groups is 3. The van der Waals surface area contributed by atoms with Crippen molar-refractivity contribution < 1.29 is 19.5 Å². The fourth-order valence-electron chi connectivity index (χ4n) is 2.44. The highest BCUT2D eigenvalue weighted by Crippen LogP contribution is 2.29. The topological polar surface area (TPSA) is 99.1 Å². The first-order chi connectivity index (χ1) is 13.3. The monoisotopic (exact) mass is 509 g/mol. The minimum absolute atomic E-state index is 0.0614. The third-order valence-corrected chi connectivity index (χ3v) is 5.97. The van der Waals surface area contributed by atoms with E-state index < -0.39 is 11.2 Å². The van der Waals surface area contributed by atoms with Crippen LogP contribution in [0.4, 0.5) is 11.4 Å². The number of amidine groups is 1. The zero-order chi connectivity index (χ0) is 20.3. The second-order valence-electron chi connectivity index (χ2n) is 6.01. The van der Waals surface area contributed by atoms with Crippen molar-refractivity contribution in [3.8, 4) is 0 Å². The van der Waals surface area contributed by atoms with Crippen molar-refractivity contribution in [2.24, 2.45) is 4.99 Å². The highest BCUT2D eigenvalue weighted by molar-refractivity contribution is 14.1. The van der Waals surface area contributed by atoms with E-state index in [1.54, 1.807) is 7.05 Å². The summed E-state index contributed by atoms with van der Waals surface area (Å²) >= 11 is 3.42. The zero-order valence-corrected chi connectivity index (χ0v) is 17.7. The van der Waals surface area contributed by atoms with Crippen LogP contribution in [-0.4, -0.2) is 45.3 Å². The lowest BCUT2D eigenvalue weighted by Gasteiger charge is -2.28. The van der Waals surface area contributed by atoms with Crippen LogP contribution in [-0.2, 0) is 9.59 Å². The molecule has 2 N–H and O–H groups in total. The normalized spacial score (nSPS) is 18.2. The van der Waals surface area contributed by atoms with Gasteiger partial charge in [0.2, 0.25) is 11.8 Å². The predicted molar refractivity (Wildman–Crippen MR) is 117 cm³/mol. The molecule has 0 aromatic heterocycles. The van der Waals surface area contributed by atoms with Gasteiger partial charge < -0.3 is 10.4 Å². The number of aromatic carboxylic acids is 1. The summed E-state index contributed by atoms with van der Waals surface area (Å²) < 4.78 is 1.08. The largest absolute Gasteiger partial charge is 0.478 e. The van der Waals surface area contributed by atoms with Gasteiger partial charge in [-0.25, -0.2) is 9.79 Å². The third-order valence-electron chi connectivity index (χ3n) is 4.01. The van der Waals surface area contributed by atoms with Gasteiger partial charge in [-0.05, 0) is 71.1 Å². The predicted octanol–water partition coefficient (Wildman–Crippen LogP) is 3.58. The number of hydrogen-bond acceptors (Lipinski definition) is 5. The first-order valence-corrected chi connectivity index (χ1v) is 10.2. The molecule has 1 saturated heterocycles. The lowest BCUT2D eigenvalue weighted by atomic mass is 10.2. The fraction of sp³-hybridized carbons (Fsp3) is 0.158. The lowest BCUT2D eigenvalue weighted by Crippen LogP contribution is -2.43. The molecule has 3 rings (SSSR count). The van der Waals surface area contributed by atoms with Crippen LogP contribution in [0.3, 0.4) is 0 Å². The van der Waals surface area contributed by atoms with Gasteiger partial charge in [0.25, 0.3) is 0 Å². The Morgan fingerprint density at radius 3 is 2.43 bits per heavy atom. The summed E-state index contributed by atoms with van der Waals surface area (Å²) in [7, 11) is 1.64. The molecule has 2 aromatic rings. The van der Waals surface area contributed by atoms with E-state index >= 15 is 0 Å². The number of rotatable bonds is 4. The molecule has 1 heterocycles. The van der Waals surface area contributed by atoms with E-state index in [9.17, 15) is 14.4 Å². The molecule has 0 aliphatic carbocycles. The number of carbonyl (C=O) groups excluding carboxylic acids is 2. The second kappa shape index (κ2) is 8.74. The quantitative estimate of drug-likeness (QED) is 0.615. The van der Waals surface area contributed by atoms with Crippen LogP contribution in [0, 0.1) is 3.57 Å². The minimum atomic E-state index is -1.04. The summed E-state index contributed by atoms with van der Waals surface area (Å²) in [5, 5.41) is 11.5. The van der Waals surface area contributed by atoms with Gasteiger partial charge in [-0.1, -0.05) is 11.8 Å². The standard InChI is InChI=1S/C19H16IN3O4S/c1-23-16(24)10-15(28-19(23)22-14-8-4-12(20)5-9-14)17(25)21-13-6-2-11(3-7-13)18(26)27/h2-9,15H,10H2,1H3,(H,21,25)(H,26,27)/t15-/m0/s1. The molecule has 1 aliphatic rings. The maximum absolute atomic E-state index is 12.6. The van der Waals surface area contributed by atoms with Gasteiger partial charge in [-0.2, -0.15) is 0 Å². The molecular formula is C19H16IN3O4S. The van der Waals surface area contributed by atoms with Crippen molar-refractivity contribution in [2.75, 3.05) is 12.4 Å². The Balaban J connectivity index is 1.74. The van der Waals surface area contributed by atoms with Gasteiger partial charge in [-0.15, -0.1) is 0 Å². The molecule has 7 nitrogen and oxygen atoms in total. The van der Waals surface area contributed by atoms with Gasteiger partial charge >= 0.3 is 5.97 Å². The molecule has 1 atom stereocenters. The molecule has 2 amide bonds. The number of thioether (sulfide) groups is 1. The molecule has 0 spiro atoms. The van der Waals surface area contributed by atoms with E-state index in [1.165, 1.54) is 40.9 Å². The number of hydrogen-bond donors (Lipinski definition) is 2. The van der Waals surface area contributed by atoms with Crippen LogP contribution >= 0.6 is 34.4 Å². The number of carboxylic acid groups (broad SMARTS) is 1. The maximum Gasteiger partial charge on any atom is 0.335 e. The minimum Gasteiger partial charge on any atom is -0.478 e. The summed E-state index contributed by atoms with van der Waals surface area (Å²) in [6.45, 7) is 0.